The Kier molecular flexibility index (Phi) is 7.03. The fourth-order valence-electron chi connectivity index (χ4n) is 1.71. The maximum atomic E-state index is 11.5. The van der Waals surface area contributed by atoms with Crippen LogP contribution in [0.3, 0.4) is 0 Å². The zero-order chi connectivity index (χ0) is 15.0. The molecule has 6 nitrogen and oxygen atoms in total. The Bertz CT molecular complexity index is 422. The van der Waals surface area contributed by atoms with E-state index >= 15 is 0 Å². The number of hydrogen-bond acceptors (Lipinski definition) is 4. The molecular formula is C13H20N2O4S. The zero-order valence-electron chi connectivity index (χ0n) is 11.3. The lowest BCUT2D eigenvalue weighted by Gasteiger charge is -2.17. The molecule has 0 aliphatic rings. The quantitative estimate of drug-likeness (QED) is 0.549. The van der Waals surface area contributed by atoms with Crippen LogP contribution in [0.15, 0.2) is 17.5 Å². The maximum Gasteiger partial charge on any atom is 0.314 e. The largest absolute Gasteiger partial charge is 0.481 e. The van der Waals surface area contributed by atoms with Gasteiger partial charge in [0.1, 0.15) is 0 Å². The Morgan fingerprint density at radius 3 is 2.80 bits per heavy atom. The number of thiophene rings is 1. The highest BCUT2D eigenvalue weighted by molar-refractivity contribution is 7.10. The van der Waals surface area contributed by atoms with Crippen LogP contribution in [-0.4, -0.2) is 34.8 Å². The topological polar surface area (TPSA) is 98.7 Å². The van der Waals surface area contributed by atoms with E-state index in [4.69, 9.17) is 5.11 Å². The Balaban J connectivity index is 2.19. The lowest BCUT2D eigenvalue weighted by molar-refractivity contribution is -0.137. The second-order valence-electron chi connectivity index (χ2n) is 4.57. The van der Waals surface area contributed by atoms with Crippen molar-refractivity contribution in [2.75, 3.05) is 6.54 Å². The number of hydrogen-bond donors (Lipinski definition) is 4. The average molecular weight is 300 g/mol. The molecule has 0 saturated carbocycles. The number of carbonyl (C=O) groups excluding carboxylic acids is 1. The first kappa shape index (κ1) is 16.5. The number of aliphatic hydroxyl groups is 1. The van der Waals surface area contributed by atoms with Crippen molar-refractivity contribution in [2.45, 2.75) is 38.3 Å². The monoisotopic (exact) mass is 300 g/mol. The van der Waals surface area contributed by atoms with Gasteiger partial charge in [0, 0.05) is 23.9 Å². The maximum absolute atomic E-state index is 11.5. The van der Waals surface area contributed by atoms with E-state index in [2.05, 4.69) is 10.6 Å². The molecule has 1 rings (SSSR count). The Labute approximate surface area is 121 Å². The van der Waals surface area contributed by atoms with Crippen LogP contribution in [-0.2, 0) is 4.79 Å². The number of rotatable bonds is 8. The molecule has 0 aliphatic carbocycles. The Morgan fingerprint density at radius 2 is 2.20 bits per heavy atom. The van der Waals surface area contributed by atoms with Gasteiger partial charge in [-0.1, -0.05) is 6.07 Å². The second kappa shape index (κ2) is 8.55. The molecule has 0 spiro atoms. The minimum atomic E-state index is -0.875. The average Bonchev–Trinajstić information content (AvgIpc) is 2.88. The van der Waals surface area contributed by atoms with Crippen molar-refractivity contribution >= 4 is 23.3 Å². The summed E-state index contributed by atoms with van der Waals surface area (Å²) in [5.74, 6) is -0.875. The lowest BCUT2D eigenvalue weighted by atomic mass is 10.1. The van der Waals surface area contributed by atoms with Crippen LogP contribution >= 0.6 is 11.3 Å². The first-order chi connectivity index (χ1) is 9.49. The minimum absolute atomic E-state index is 0.0346. The Morgan fingerprint density at radius 1 is 1.45 bits per heavy atom. The summed E-state index contributed by atoms with van der Waals surface area (Å²) in [4.78, 5) is 22.7. The number of aliphatic hydroxyl groups excluding tert-OH is 1. The highest BCUT2D eigenvalue weighted by Crippen LogP contribution is 2.22. The van der Waals surface area contributed by atoms with E-state index in [1.807, 2.05) is 24.4 Å². The number of urea groups is 1. The highest BCUT2D eigenvalue weighted by atomic mass is 32.1. The van der Waals surface area contributed by atoms with Crippen molar-refractivity contribution in [3.05, 3.63) is 22.4 Å². The van der Waals surface area contributed by atoms with E-state index in [1.54, 1.807) is 0 Å². The molecule has 2 amide bonds. The second-order valence-corrected chi connectivity index (χ2v) is 5.54. The third-order valence-electron chi connectivity index (χ3n) is 2.68. The van der Waals surface area contributed by atoms with Crippen LogP contribution in [0.2, 0.25) is 0 Å². The molecule has 0 fully saturated rings. The fourth-order valence-corrected chi connectivity index (χ4v) is 2.43. The van der Waals surface area contributed by atoms with Gasteiger partial charge in [0.15, 0.2) is 0 Å². The summed E-state index contributed by atoms with van der Waals surface area (Å²) in [6.45, 7) is 2.13. The fraction of sp³-hybridized carbons (Fsp3) is 0.538. The predicted molar refractivity (Wildman–Crippen MR) is 76.8 cm³/mol. The number of aliphatic carboxylic acids is 1. The van der Waals surface area contributed by atoms with Crippen LogP contribution < -0.4 is 10.6 Å². The molecule has 0 saturated heterocycles. The number of nitrogens with one attached hydrogen (secondary N) is 2. The summed E-state index contributed by atoms with van der Waals surface area (Å²) in [6, 6.07) is 3.21. The molecule has 0 aliphatic heterocycles. The summed E-state index contributed by atoms with van der Waals surface area (Å²) in [5, 5.41) is 25.6. The van der Waals surface area contributed by atoms with E-state index in [1.165, 1.54) is 11.3 Å². The molecule has 0 bridgehead atoms. The first-order valence-corrected chi connectivity index (χ1v) is 7.34. The third kappa shape index (κ3) is 6.53. The summed E-state index contributed by atoms with van der Waals surface area (Å²) >= 11 is 1.48. The summed E-state index contributed by atoms with van der Waals surface area (Å²) in [6.07, 6.45) is 0.280. The van der Waals surface area contributed by atoms with E-state index in [0.717, 1.165) is 4.88 Å². The highest BCUT2D eigenvalue weighted by Gasteiger charge is 2.14. The van der Waals surface area contributed by atoms with E-state index < -0.39 is 12.1 Å². The van der Waals surface area contributed by atoms with E-state index in [9.17, 15) is 14.7 Å². The molecule has 0 radical (unpaired) electrons. The van der Waals surface area contributed by atoms with Crippen LogP contribution in [0.5, 0.6) is 0 Å². The van der Waals surface area contributed by atoms with Crippen LogP contribution in [0.1, 0.15) is 37.2 Å². The van der Waals surface area contributed by atoms with Crippen molar-refractivity contribution in [1.82, 2.24) is 10.6 Å². The number of carboxylic acid groups (broad SMARTS) is 1. The van der Waals surface area contributed by atoms with Gasteiger partial charge in [-0.25, -0.2) is 4.79 Å². The van der Waals surface area contributed by atoms with Gasteiger partial charge in [-0.3, -0.25) is 4.79 Å². The van der Waals surface area contributed by atoms with Gasteiger partial charge in [-0.2, -0.15) is 0 Å². The van der Waals surface area contributed by atoms with Gasteiger partial charge in [-0.15, -0.1) is 11.3 Å². The molecule has 20 heavy (non-hydrogen) atoms. The van der Waals surface area contributed by atoms with Crippen molar-refractivity contribution < 1.29 is 19.8 Å². The van der Waals surface area contributed by atoms with Crippen LogP contribution in [0.4, 0.5) is 4.79 Å². The molecule has 1 aromatic heterocycles. The van der Waals surface area contributed by atoms with Crippen LogP contribution in [0, 0.1) is 0 Å². The molecule has 1 heterocycles. The van der Waals surface area contributed by atoms with Gasteiger partial charge in [0.2, 0.25) is 0 Å². The van der Waals surface area contributed by atoms with Crippen molar-refractivity contribution in [3.63, 3.8) is 0 Å². The molecule has 1 aromatic rings. The number of amides is 2. The lowest BCUT2D eigenvalue weighted by Crippen LogP contribution is -2.41. The normalized spacial score (nSPS) is 13.5. The smallest absolute Gasteiger partial charge is 0.314 e. The first-order valence-electron chi connectivity index (χ1n) is 6.46. The predicted octanol–water partition coefficient (Wildman–Crippen LogP) is 1.72. The molecule has 7 heteroatoms. The number of carbonyl (C=O) groups is 2. The molecule has 4 N–H and O–H groups in total. The van der Waals surface area contributed by atoms with Crippen molar-refractivity contribution in [3.8, 4) is 0 Å². The van der Waals surface area contributed by atoms with Gasteiger partial charge in [-0.05, 0) is 31.2 Å². The standard InChI is InChI=1S/C13H20N2O4S/c1-9(8-10(16)11-4-3-7-20-11)15-13(19)14-6-2-5-12(17)18/h3-4,7,9-10,16H,2,5-6,8H2,1H3,(H,17,18)(H2,14,15,19). The van der Waals surface area contributed by atoms with Gasteiger partial charge in [0.05, 0.1) is 6.10 Å². The number of carboxylic acids is 1. The van der Waals surface area contributed by atoms with Gasteiger partial charge >= 0.3 is 12.0 Å². The van der Waals surface area contributed by atoms with E-state index in [-0.39, 0.29) is 18.5 Å². The molecule has 2 unspecified atom stereocenters. The molecule has 0 aromatic carbocycles. The Hall–Kier alpha value is -1.60. The van der Waals surface area contributed by atoms with Crippen molar-refractivity contribution in [1.29, 1.82) is 0 Å². The zero-order valence-corrected chi connectivity index (χ0v) is 12.2. The van der Waals surface area contributed by atoms with E-state index in [0.29, 0.717) is 19.4 Å². The SMILES string of the molecule is CC(CC(O)c1cccs1)NC(=O)NCCCC(=O)O. The third-order valence-corrected chi connectivity index (χ3v) is 3.65. The van der Waals surface area contributed by atoms with Gasteiger partial charge < -0.3 is 20.8 Å². The summed E-state index contributed by atoms with van der Waals surface area (Å²) < 4.78 is 0. The summed E-state index contributed by atoms with van der Waals surface area (Å²) in [5.41, 5.74) is 0. The molecule has 112 valence electrons. The van der Waals surface area contributed by atoms with Crippen LogP contribution in [0.25, 0.3) is 0 Å². The minimum Gasteiger partial charge on any atom is -0.481 e. The molecule has 2 atom stereocenters. The van der Waals surface area contributed by atoms with Gasteiger partial charge in [0.25, 0.3) is 0 Å². The molecular weight excluding hydrogens is 280 g/mol. The summed E-state index contributed by atoms with van der Waals surface area (Å²) in [7, 11) is 0. The van der Waals surface area contributed by atoms with Crippen molar-refractivity contribution in [2.24, 2.45) is 0 Å².